The van der Waals surface area contributed by atoms with Crippen molar-refractivity contribution in [1.82, 2.24) is 19.5 Å². The van der Waals surface area contributed by atoms with Crippen molar-refractivity contribution < 1.29 is 20.1 Å². The lowest BCUT2D eigenvalue weighted by atomic mass is 10.1. The zero-order chi connectivity index (χ0) is 20.7. The minimum Gasteiger partial charge on any atom is -0.394 e. The molecule has 10 heteroatoms. The van der Waals surface area contributed by atoms with Gasteiger partial charge in [-0.05, 0) is 38.5 Å². The largest absolute Gasteiger partial charge is 0.394 e. The molecule has 0 radical (unpaired) electrons. The lowest BCUT2D eigenvalue weighted by molar-refractivity contribution is -0.0511. The van der Waals surface area contributed by atoms with Crippen LogP contribution in [0.3, 0.4) is 0 Å². The van der Waals surface area contributed by atoms with E-state index < -0.39 is 24.5 Å². The number of imidazole rings is 1. The molecule has 0 bridgehead atoms. The van der Waals surface area contributed by atoms with Gasteiger partial charge in [-0.1, -0.05) is 0 Å². The Morgan fingerprint density at radius 3 is 2.20 bits per heavy atom. The van der Waals surface area contributed by atoms with Gasteiger partial charge in [0.15, 0.2) is 23.2 Å². The van der Waals surface area contributed by atoms with Crippen molar-refractivity contribution >= 4 is 22.9 Å². The third-order valence-corrected chi connectivity index (χ3v) is 6.48. The van der Waals surface area contributed by atoms with Crippen LogP contribution in [0.5, 0.6) is 0 Å². The van der Waals surface area contributed by atoms with Gasteiger partial charge in [-0.3, -0.25) is 4.57 Å². The fourth-order valence-electron chi connectivity index (χ4n) is 4.75. The molecular formula is C20H30N6O4. The summed E-state index contributed by atoms with van der Waals surface area (Å²) >= 11 is 0. The molecule has 0 unspecified atom stereocenters. The first kappa shape index (κ1) is 19.9. The Kier molecular flexibility index (Phi) is 5.48. The molecular weight excluding hydrogens is 388 g/mol. The second-order valence-corrected chi connectivity index (χ2v) is 8.50. The SMILES string of the molecule is OC[C@H]1O[C@@H](n2cnc3c(N4CCCCC4)nc(N4CCCCC4)nc32)[C@H](O)[C@@H]1O. The average Bonchev–Trinajstić information content (AvgIpc) is 3.35. The summed E-state index contributed by atoms with van der Waals surface area (Å²) in [7, 11) is 0. The third-order valence-electron chi connectivity index (χ3n) is 6.48. The lowest BCUT2D eigenvalue weighted by Crippen LogP contribution is -2.34. The van der Waals surface area contributed by atoms with Crippen LogP contribution >= 0.6 is 0 Å². The Labute approximate surface area is 175 Å². The van der Waals surface area contributed by atoms with Crippen LogP contribution in [0.2, 0.25) is 0 Å². The molecule has 164 valence electrons. The summed E-state index contributed by atoms with van der Waals surface area (Å²) in [5.74, 6) is 1.50. The van der Waals surface area contributed by atoms with E-state index in [1.54, 1.807) is 10.9 Å². The van der Waals surface area contributed by atoms with Crippen molar-refractivity contribution in [2.45, 2.75) is 63.1 Å². The number of fused-ring (bicyclic) bond motifs is 1. The first-order chi connectivity index (χ1) is 14.7. The van der Waals surface area contributed by atoms with Crippen molar-refractivity contribution in [2.24, 2.45) is 0 Å². The minimum absolute atomic E-state index is 0.367. The molecule has 0 spiro atoms. The van der Waals surface area contributed by atoms with Crippen LogP contribution in [-0.4, -0.2) is 85.9 Å². The highest BCUT2D eigenvalue weighted by Gasteiger charge is 2.44. The molecule has 10 nitrogen and oxygen atoms in total. The van der Waals surface area contributed by atoms with E-state index in [0.717, 1.165) is 57.7 Å². The van der Waals surface area contributed by atoms with E-state index in [9.17, 15) is 15.3 Å². The number of hydrogen-bond donors (Lipinski definition) is 3. The van der Waals surface area contributed by atoms with Crippen molar-refractivity contribution in [3.8, 4) is 0 Å². The summed E-state index contributed by atoms with van der Waals surface area (Å²) in [5.41, 5.74) is 1.26. The summed E-state index contributed by atoms with van der Waals surface area (Å²) < 4.78 is 7.41. The molecule has 0 aliphatic carbocycles. The molecule has 5 heterocycles. The van der Waals surface area contributed by atoms with Crippen molar-refractivity contribution in [3.05, 3.63) is 6.33 Å². The molecule has 5 rings (SSSR count). The predicted molar refractivity (Wildman–Crippen MR) is 110 cm³/mol. The molecule has 3 saturated heterocycles. The van der Waals surface area contributed by atoms with Gasteiger partial charge in [-0.2, -0.15) is 9.97 Å². The number of ether oxygens (including phenoxy) is 1. The van der Waals surface area contributed by atoms with Crippen LogP contribution in [0.4, 0.5) is 11.8 Å². The number of aliphatic hydroxyl groups is 3. The van der Waals surface area contributed by atoms with E-state index in [0.29, 0.717) is 17.1 Å². The van der Waals surface area contributed by atoms with E-state index >= 15 is 0 Å². The van der Waals surface area contributed by atoms with E-state index in [1.165, 1.54) is 12.8 Å². The Morgan fingerprint density at radius 1 is 0.900 bits per heavy atom. The summed E-state index contributed by atoms with van der Waals surface area (Å²) in [4.78, 5) is 18.8. The summed E-state index contributed by atoms with van der Waals surface area (Å²) in [6.07, 6.45) is 4.48. The van der Waals surface area contributed by atoms with E-state index in [4.69, 9.17) is 14.7 Å². The Hall–Kier alpha value is -2.01. The van der Waals surface area contributed by atoms with Crippen LogP contribution in [0.25, 0.3) is 11.2 Å². The minimum atomic E-state index is -1.17. The van der Waals surface area contributed by atoms with Crippen molar-refractivity contribution in [1.29, 1.82) is 0 Å². The number of aromatic nitrogens is 4. The third kappa shape index (κ3) is 3.41. The monoisotopic (exact) mass is 418 g/mol. The average molecular weight is 418 g/mol. The van der Waals surface area contributed by atoms with Crippen molar-refractivity contribution in [3.63, 3.8) is 0 Å². The molecule has 3 fully saturated rings. The summed E-state index contributed by atoms with van der Waals surface area (Å²) in [6.45, 7) is 3.35. The van der Waals surface area contributed by atoms with Crippen LogP contribution < -0.4 is 9.80 Å². The maximum Gasteiger partial charge on any atom is 0.229 e. The highest BCUT2D eigenvalue weighted by molar-refractivity contribution is 5.85. The van der Waals surface area contributed by atoms with Gasteiger partial charge in [0, 0.05) is 26.2 Å². The van der Waals surface area contributed by atoms with Gasteiger partial charge >= 0.3 is 0 Å². The molecule has 3 N–H and O–H groups in total. The lowest BCUT2D eigenvalue weighted by Gasteiger charge is -2.31. The van der Waals surface area contributed by atoms with Gasteiger partial charge in [-0.25, -0.2) is 4.98 Å². The maximum absolute atomic E-state index is 10.5. The Bertz CT molecular complexity index is 880. The topological polar surface area (TPSA) is 120 Å². The fourth-order valence-corrected chi connectivity index (χ4v) is 4.75. The number of rotatable bonds is 4. The molecule has 2 aromatic rings. The first-order valence-electron chi connectivity index (χ1n) is 11.0. The molecule has 3 aliphatic heterocycles. The second-order valence-electron chi connectivity index (χ2n) is 8.50. The smallest absolute Gasteiger partial charge is 0.229 e. The zero-order valence-electron chi connectivity index (χ0n) is 17.1. The first-order valence-corrected chi connectivity index (χ1v) is 11.0. The Morgan fingerprint density at radius 2 is 1.57 bits per heavy atom. The van der Waals surface area contributed by atoms with Crippen molar-refractivity contribution in [2.75, 3.05) is 42.6 Å². The highest BCUT2D eigenvalue weighted by Crippen LogP contribution is 2.34. The predicted octanol–water partition coefficient (Wildman–Crippen LogP) is 0.418. The fraction of sp³-hybridized carbons (Fsp3) is 0.750. The van der Waals surface area contributed by atoms with Gasteiger partial charge < -0.3 is 29.9 Å². The number of aliphatic hydroxyl groups excluding tert-OH is 3. The van der Waals surface area contributed by atoms with Crippen LogP contribution in [0.15, 0.2) is 6.33 Å². The highest BCUT2D eigenvalue weighted by atomic mass is 16.6. The van der Waals surface area contributed by atoms with Gasteiger partial charge in [-0.15, -0.1) is 0 Å². The quantitative estimate of drug-likeness (QED) is 0.649. The van der Waals surface area contributed by atoms with Gasteiger partial charge in [0.05, 0.1) is 12.9 Å². The summed E-state index contributed by atoms with van der Waals surface area (Å²) in [6, 6.07) is 0. The molecule has 0 saturated carbocycles. The Balaban J connectivity index is 1.59. The molecule has 2 aromatic heterocycles. The van der Waals surface area contributed by atoms with Crippen LogP contribution in [0, 0.1) is 0 Å². The van der Waals surface area contributed by atoms with Gasteiger partial charge in [0.25, 0.3) is 0 Å². The molecule has 30 heavy (non-hydrogen) atoms. The van der Waals surface area contributed by atoms with E-state index in [2.05, 4.69) is 14.8 Å². The molecule has 0 amide bonds. The van der Waals surface area contributed by atoms with Gasteiger partial charge in [0.1, 0.15) is 18.3 Å². The second kappa shape index (κ2) is 8.26. The van der Waals surface area contributed by atoms with Crippen LogP contribution in [-0.2, 0) is 4.74 Å². The molecule has 4 atom stereocenters. The van der Waals surface area contributed by atoms with E-state index in [-0.39, 0.29) is 6.61 Å². The normalized spacial score (nSPS) is 30.4. The van der Waals surface area contributed by atoms with Gasteiger partial charge in [0.2, 0.25) is 5.95 Å². The standard InChI is InChI=1S/C20H30N6O4/c27-11-13-15(28)16(29)19(30-13)26-12-21-14-17(24-7-3-1-4-8-24)22-20(23-18(14)26)25-9-5-2-6-10-25/h12-13,15-16,19,27-29H,1-11H2/t13-,15-,16-,19-/m1/s1. The molecule has 0 aromatic carbocycles. The maximum atomic E-state index is 10.5. The molecule has 3 aliphatic rings. The number of nitrogens with zero attached hydrogens (tertiary/aromatic N) is 6. The summed E-state index contributed by atoms with van der Waals surface area (Å²) in [5, 5.41) is 30.2. The number of anilines is 2. The number of piperidine rings is 2. The number of hydrogen-bond acceptors (Lipinski definition) is 9. The van der Waals surface area contributed by atoms with Crippen LogP contribution in [0.1, 0.15) is 44.8 Å². The van der Waals surface area contributed by atoms with E-state index in [1.807, 2.05) is 0 Å². The zero-order valence-corrected chi connectivity index (χ0v) is 17.1.